The lowest BCUT2D eigenvalue weighted by atomic mass is 10.0. The minimum Gasteiger partial charge on any atom is -0.233 e. The first-order valence-corrected chi connectivity index (χ1v) is 18.5. The van der Waals surface area contributed by atoms with Gasteiger partial charge in [-0.05, 0) is 44.3 Å². The Bertz CT molecular complexity index is 508. The van der Waals surface area contributed by atoms with Crippen LogP contribution in [0.1, 0.15) is 212 Å². The Morgan fingerprint density at radius 1 is 0.385 bits per heavy atom. The largest absolute Gasteiger partial charge is 0.233 e. The summed E-state index contributed by atoms with van der Waals surface area (Å²) in [6.45, 7) is 3.17. The van der Waals surface area contributed by atoms with E-state index in [2.05, 4.69) is 41.4 Å². The van der Waals surface area contributed by atoms with E-state index in [1.807, 2.05) is 0 Å². The van der Waals surface area contributed by atoms with E-state index >= 15 is 0 Å². The van der Waals surface area contributed by atoms with Crippen LogP contribution in [0.25, 0.3) is 0 Å². The predicted molar refractivity (Wildman–Crippen MR) is 182 cm³/mol. The van der Waals surface area contributed by atoms with Crippen molar-refractivity contribution in [3.8, 4) is 0 Å². The summed E-state index contributed by atoms with van der Waals surface area (Å²) in [7, 11) is 0. The second-order valence-electron chi connectivity index (χ2n) is 12.3. The Kier molecular flexibility index (Phi) is 37.1. The van der Waals surface area contributed by atoms with E-state index in [9.17, 15) is 0 Å². The number of nitrogens with zero attached hydrogens (tertiary/aromatic N) is 1. The molecule has 2 heteroatoms. The molecule has 0 amide bonds. The third kappa shape index (κ3) is 37.5. The molecule has 0 aromatic carbocycles. The van der Waals surface area contributed by atoms with Crippen LogP contribution in [-0.4, -0.2) is 11.7 Å². The summed E-state index contributed by atoms with van der Waals surface area (Å²) in [5, 5.41) is 2.45. The van der Waals surface area contributed by atoms with Gasteiger partial charge in [0, 0.05) is 6.54 Å². The second-order valence-corrected chi connectivity index (χ2v) is 12.5. The van der Waals surface area contributed by atoms with Crippen molar-refractivity contribution in [3.63, 3.8) is 0 Å². The summed E-state index contributed by atoms with van der Waals surface area (Å²) >= 11 is 4.59. The number of thiocarbonyl (C=S) groups is 1. The van der Waals surface area contributed by atoms with Crippen molar-refractivity contribution in [2.75, 3.05) is 6.54 Å². The fourth-order valence-electron chi connectivity index (χ4n) is 5.67. The highest BCUT2D eigenvalue weighted by atomic mass is 32.1. The minimum absolute atomic E-state index is 0.877. The van der Waals surface area contributed by atoms with Gasteiger partial charge in [0.2, 0.25) is 0 Å². The first kappa shape index (κ1) is 38.5. The molecule has 0 heterocycles. The molecule has 0 spiro atoms. The van der Waals surface area contributed by atoms with Crippen molar-refractivity contribution in [1.82, 2.24) is 0 Å². The van der Waals surface area contributed by atoms with E-state index < -0.39 is 0 Å². The summed E-state index contributed by atoms with van der Waals surface area (Å²) in [5.41, 5.74) is 0. The molecule has 0 atom stereocenters. The monoisotopic (exact) mass is 562 g/mol. The Balaban J connectivity index is 3.06. The van der Waals surface area contributed by atoms with E-state index in [0.717, 1.165) is 6.54 Å². The molecule has 230 valence electrons. The predicted octanol–water partition coefficient (Wildman–Crippen LogP) is 14.1. The van der Waals surface area contributed by atoms with Gasteiger partial charge in [-0.15, -0.1) is 0 Å². The SMILES string of the molecule is CCCCCCCC/C=C\CCCCCCCCCCCCCCCCCCCCCCCCCCN=C=S. The number of hydrogen-bond donors (Lipinski definition) is 0. The zero-order valence-electron chi connectivity index (χ0n) is 26.8. The van der Waals surface area contributed by atoms with Gasteiger partial charge in [0.25, 0.3) is 0 Å². The Morgan fingerprint density at radius 2 is 0.641 bits per heavy atom. The van der Waals surface area contributed by atoms with Crippen molar-refractivity contribution in [2.24, 2.45) is 4.99 Å². The van der Waals surface area contributed by atoms with E-state index in [-0.39, 0.29) is 0 Å². The van der Waals surface area contributed by atoms with Gasteiger partial charge < -0.3 is 0 Å². The Labute approximate surface area is 252 Å². The Morgan fingerprint density at radius 3 is 0.923 bits per heavy atom. The maximum atomic E-state index is 4.59. The molecule has 39 heavy (non-hydrogen) atoms. The third-order valence-electron chi connectivity index (χ3n) is 8.35. The summed E-state index contributed by atoms with van der Waals surface area (Å²) in [6.07, 6.45) is 50.5. The zero-order chi connectivity index (χ0) is 28.2. The average Bonchev–Trinajstić information content (AvgIpc) is 2.95. The van der Waals surface area contributed by atoms with Crippen LogP contribution < -0.4 is 0 Å². The van der Waals surface area contributed by atoms with E-state index in [0.29, 0.717) is 0 Å². The lowest BCUT2D eigenvalue weighted by Crippen LogP contribution is -1.85. The lowest BCUT2D eigenvalue weighted by molar-refractivity contribution is 0.517. The highest BCUT2D eigenvalue weighted by Gasteiger charge is 1.96. The van der Waals surface area contributed by atoms with Gasteiger partial charge in [-0.25, -0.2) is 4.99 Å². The van der Waals surface area contributed by atoms with E-state index in [4.69, 9.17) is 0 Å². The van der Waals surface area contributed by atoms with Crippen molar-refractivity contribution >= 4 is 17.4 Å². The summed E-state index contributed by atoms with van der Waals surface area (Å²) in [6, 6.07) is 0. The van der Waals surface area contributed by atoms with Crippen LogP contribution in [0.5, 0.6) is 0 Å². The quantitative estimate of drug-likeness (QED) is 0.0329. The molecule has 0 aliphatic rings. The van der Waals surface area contributed by atoms with Crippen LogP contribution in [0.15, 0.2) is 17.1 Å². The summed E-state index contributed by atoms with van der Waals surface area (Å²) in [4.78, 5) is 3.98. The van der Waals surface area contributed by atoms with Crippen LogP contribution in [0.2, 0.25) is 0 Å². The molecule has 0 saturated heterocycles. The molecule has 0 unspecified atom stereocenters. The number of allylic oxidation sites excluding steroid dienone is 2. The van der Waals surface area contributed by atoms with Crippen molar-refractivity contribution in [3.05, 3.63) is 12.2 Å². The van der Waals surface area contributed by atoms with Crippen molar-refractivity contribution < 1.29 is 0 Å². The fourth-order valence-corrected chi connectivity index (χ4v) is 5.76. The first-order chi connectivity index (χ1) is 19.4. The molecule has 0 aliphatic carbocycles. The third-order valence-corrected chi connectivity index (χ3v) is 8.48. The smallest absolute Gasteiger partial charge is 0.0584 e. The molecule has 0 aromatic rings. The topological polar surface area (TPSA) is 12.4 Å². The van der Waals surface area contributed by atoms with Gasteiger partial charge in [0.1, 0.15) is 0 Å². The van der Waals surface area contributed by atoms with Gasteiger partial charge in [0.15, 0.2) is 0 Å². The second kappa shape index (κ2) is 37.5. The van der Waals surface area contributed by atoms with Crippen LogP contribution in [0.3, 0.4) is 0 Å². The van der Waals surface area contributed by atoms with Crippen LogP contribution in [0, 0.1) is 0 Å². The lowest BCUT2D eigenvalue weighted by Gasteiger charge is -2.04. The summed E-state index contributed by atoms with van der Waals surface area (Å²) in [5.74, 6) is 0. The fraction of sp³-hybridized carbons (Fsp3) is 0.919. The molecular weight excluding hydrogens is 490 g/mol. The molecule has 0 saturated carbocycles. The molecule has 0 fully saturated rings. The normalized spacial score (nSPS) is 11.4. The van der Waals surface area contributed by atoms with Crippen LogP contribution in [0.4, 0.5) is 0 Å². The van der Waals surface area contributed by atoms with Gasteiger partial charge in [-0.3, -0.25) is 0 Å². The number of isothiocyanates is 1. The maximum absolute atomic E-state index is 4.59. The maximum Gasteiger partial charge on any atom is 0.0584 e. The molecular formula is C37H71NS. The van der Waals surface area contributed by atoms with Crippen molar-refractivity contribution in [1.29, 1.82) is 0 Å². The molecule has 0 rings (SSSR count). The standard InChI is InChI=1S/C37H71NS/c1-2-3-4-5-6-7-8-9-10-11-12-13-14-15-16-17-18-19-20-21-22-23-24-25-26-27-28-29-30-31-32-33-34-35-36-38-37-39/h9-10H,2-8,11-36H2,1H3/b10-9-. The molecule has 0 radical (unpaired) electrons. The van der Waals surface area contributed by atoms with Crippen molar-refractivity contribution in [2.45, 2.75) is 212 Å². The van der Waals surface area contributed by atoms with Gasteiger partial charge >= 0.3 is 0 Å². The van der Waals surface area contributed by atoms with E-state index in [1.165, 1.54) is 205 Å². The number of rotatable bonds is 34. The van der Waals surface area contributed by atoms with Crippen LogP contribution >= 0.6 is 12.2 Å². The van der Waals surface area contributed by atoms with Gasteiger partial charge in [-0.1, -0.05) is 192 Å². The molecule has 0 aliphatic heterocycles. The molecule has 0 aromatic heterocycles. The molecule has 0 N–H and O–H groups in total. The zero-order valence-corrected chi connectivity index (χ0v) is 27.7. The summed E-state index contributed by atoms with van der Waals surface area (Å²) < 4.78 is 0. The first-order valence-electron chi connectivity index (χ1n) is 18.1. The van der Waals surface area contributed by atoms with Crippen LogP contribution in [-0.2, 0) is 0 Å². The highest BCUT2D eigenvalue weighted by Crippen LogP contribution is 2.16. The Hall–Kier alpha value is -0.460. The molecule has 1 nitrogen and oxygen atoms in total. The minimum atomic E-state index is 0.877. The van der Waals surface area contributed by atoms with Gasteiger partial charge in [-0.2, -0.15) is 0 Å². The number of unbranched alkanes of at least 4 members (excludes halogenated alkanes) is 30. The number of aliphatic imine (C=N–C) groups is 1. The molecule has 0 bridgehead atoms. The van der Waals surface area contributed by atoms with E-state index in [1.54, 1.807) is 0 Å². The van der Waals surface area contributed by atoms with Gasteiger partial charge in [0.05, 0.1) is 5.16 Å². The highest BCUT2D eigenvalue weighted by molar-refractivity contribution is 7.78. The number of hydrogen-bond acceptors (Lipinski definition) is 2. The average molecular weight is 562 g/mol.